The van der Waals surface area contributed by atoms with E-state index in [9.17, 15) is 0 Å². The summed E-state index contributed by atoms with van der Waals surface area (Å²) < 4.78 is 0. The Labute approximate surface area is 167 Å². The highest BCUT2D eigenvalue weighted by molar-refractivity contribution is 5.83. The van der Waals surface area contributed by atoms with Crippen LogP contribution in [0.3, 0.4) is 0 Å². The number of nitrogens with zero attached hydrogens (tertiary/aromatic N) is 3. The number of hydrogen-bond donors (Lipinski definition) is 4. The predicted molar refractivity (Wildman–Crippen MR) is 116 cm³/mol. The van der Waals surface area contributed by atoms with Gasteiger partial charge in [-0.1, -0.05) is 24.3 Å². The first-order valence-electron chi connectivity index (χ1n) is 9.63. The Morgan fingerprint density at radius 2 is 1.86 bits per heavy atom. The molecule has 0 atom stereocenters. The fraction of sp³-hybridized carbons (Fsp3) is 0.136. The lowest BCUT2D eigenvalue weighted by atomic mass is 10.1. The highest BCUT2D eigenvalue weighted by Gasteiger charge is 2.04. The average Bonchev–Trinajstić information content (AvgIpc) is 3.39. The van der Waals surface area contributed by atoms with Crippen molar-refractivity contribution >= 4 is 33.7 Å². The van der Waals surface area contributed by atoms with Crippen molar-refractivity contribution in [3.05, 3.63) is 78.4 Å². The maximum Gasteiger partial charge on any atom is 0.224 e. The van der Waals surface area contributed by atoms with Crippen LogP contribution in [0.2, 0.25) is 0 Å². The van der Waals surface area contributed by atoms with Gasteiger partial charge in [-0.25, -0.2) is 9.97 Å². The van der Waals surface area contributed by atoms with Crippen LogP contribution in [0, 0.1) is 0 Å². The van der Waals surface area contributed by atoms with Gasteiger partial charge in [0.25, 0.3) is 0 Å². The first kappa shape index (κ1) is 17.2. The van der Waals surface area contributed by atoms with Crippen molar-refractivity contribution in [3.63, 3.8) is 0 Å². The zero-order chi connectivity index (χ0) is 19.5. The first-order chi connectivity index (χ1) is 14.3. The van der Waals surface area contributed by atoms with Crippen LogP contribution in [0.15, 0.2) is 67.3 Å². The molecule has 0 fully saturated rings. The molecular formula is C22H21N7. The van der Waals surface area contributed by atoms with Crippen LogP contribution in [-0.2, 0) is 13.0 Å². The van der Waals surface area contributed by atoms with Crippen molar-refractivity contribution in [1.29, 1.82) is 0 Å². The molecule has 144 valence electrons. The Morgan fingerprint density at radius 3 is 2.86 bits per heavy atom. The summed E-state index contributed by atoms with van der Waals surface area (Å²) in [6.07, 6.45) is 6.47. The molecule has 0 saturated carbocycles. The Kier molecular flexibility index (Phi) is 4.54. The highest BCUT2D eigenvalue weighted by Crippen LogP contribution is 2.18. The van der Waals surface area contributed by atoms with Crippen molar-refractivity contribution in [1.82, 2.24) is 24.9 Å². The number of imidazole rings is 1. The molecule has 2 aromatic carbocycles. The maximum atomic E-state index is 4.56. The second-order valence-electron chi connectivity index (χ2n) is 6.91. The molecule has 0 amide bonds. The molecule has 0 bridgehead atoms. The summed E-state index contributed by atoms with van der Waals surface area (Å²) in [7, 11) is 0. The van der Waals surface area contributed by atoms with Gasteiger partial charge in [0.15, 0.2) is 0 Å². The molecule has 5 aromatic rings. The maximum absolute atomic E-state index is 4.56. The van der Waals surface area contributed by atoms with E-state index in [1.54, 1.807) is 12.5 Å². The van der Waals surface area contributed by atoms with E-state index in [-0.39, 0.29) is 0 Å². The van der Waals surface area contributed by atoms with Crippen molar-refractivity contribution in [2.45, 2.75) is 13.0 Å². The quantitative estimate of drug-likeness (QED) is 0.339. The van der Waals surface area contributed by atoms with Crippen molar-refractivity contribution in [2.75, 3.05) is 17.2 Å². The molecule has 3 aromatic heterocycles. The Morgan fingerprint density at radius 1 is 0.897 bits per heavy atom. The molecule has 0 aliphatic carbocycles. The van der Waals surface area contributed by atoms with Crippen LogP contribution in [-0.4, -0.2) is 31.5 Å². The molecule has 5 rings (SSSR count). The standard InChI is InChI=1S/C22H21N7/c1-2-4-18-17(3-1)16(13-25-18)7-9-23-21-8-10-24-22(29-21)26-12-15-5-6-19-20(11-15)28-14-27-19/h1-6,8,10-11,13-14,25H,7,9,12H2,(H,27,28)(H2,23,24,26,29). The molecule has 0 spiro atoms. The number of fused-ring (bicyclic) bond motifs is 2. The number of rotatable bonds is 7. The van der Waals surface area contributed by atoms with E-state index in [4.69, 9.17) is 0 Å². The van der Waals surface area contributed by atoms with Gasteiger partial charge in [-0.2, -0.15) is 4.98 Å². The minimum absolute atomic E-state index is 0.604. The third kappa shape index (κ3) is 3.75. The summed E-state index contributed by atoms with van der Waals surface area (Å²) in [4.78, 5) is 19.6. The zero-order valence-electron chi connectivity index (χ0n) is 15.8. The van der Waals surface area contributed by atoms with Crippen LogP contribution in [0.5, 0.6) is 0 Å². The number of anilines is 2. The molecule has 7 heteroatoms. The molecule has 0 radical (unpaired) electrons. The number of aromatic amines is 2. The third-order valence-electron chi connectivity index (χ3n) is 4.97. The molecule has 0 aliphatic rings. The van der Waals surface area contributed by atoms with Crippen LogP contribution in [0.25, 0.3) is 21.9 Å². The predicted octanol–water partition coefficient (Wildman–Crippen LogP) is 4.10. The third-order valence-corrected chi connectivity index (χ3v) is 4.97. The number of benzene rings is 2. The fourth-order valence-electron chi connectivity index (χ4n) is 3.48. The van der Waals surface area contributed by atoms with E-state index in [0.29, 0.717) is 12.5 Å². The lowest BCUT2D eigenvalue weighted by Crippen LogP contribution is -2.09. The van der Waals surface area contributed by atoms with Gasteiger partial charge >= 0.3 is 0 Å². The normalized spacial score (nSPS) is 11.2. The van der Waals surface area contributed by atoms with E-state index >= 15 is 0 Å². The minimum Gasteiger partial charge on any atom is -0.370 e. The SMILES string of the molecule is c1ccc2c(CCNc3ccnc(NCc4ccc5nc[nH]c5c4)n3)c[nH]c2c1. The van der Waals surface area contributed by atoms with Crippen molar-refractivity contribution in [3.8, 4) is 0 Å². The van der Waals surface area contributed by atoms with E-state index < -0.39 is 0 Å². The number of para-hydroxylation sites is 1. The van der Waals surface area contributed by atoms with Gasteiger partial charge in [0.05, 0.1) is 17.4 Å². The summed E-state index contributed by atoms with van der Waals surface area (Å²) in [5.41, 5.74) is 5.60. The van der Waals surface area contributed by atoms with E-state index in [1.807, 2.05) is 18.2 Å². The molecule has 4 N–H and O–H groups in total. The van der Waals surface area contributed by atoms with Crippen molar-refractivity contribution < 1.29 is 0 Å². The molecule has 7 nitrogen and oxygen atoms in total. The Hall–Kier alpha value is -3.87. The van der Waals surface area contributed by atoms with Gasteiger partial charge < -0.3 is 20.6 Å². The second-order valence-corrected chi connectivity index (χ2v) is 6.91. The summed E-state index contributed by atoms with van der Waals surface area (Å²) in [6.45, 7) is 1.45. The Balaban J connectivity index is 1.19. The monoisotopic (exact) mass is 383 g/mol. The van der Waals surface area contributed by atoms with Crippen molar-refractivity contribution in [2.24, 2.45) is 0 Å². The minimum atomic E-state index is 0.604. The van der Waals surface area contributed by atoms with Gasteiger partial charge in [0, 0.05) is 36.4 Å². The number of H-pyrrole nitrogens is 2. The van der Waals surface area contributed by atoms with Crippen LogP contribution >= 0.6 is 0 Å². The van der Waals surface area contributed by atoms with Gasteiger partial charge in [-0.3, -0.25) is 0 Å². The molecule has 0 unspecified atom stereocenters. The highest BCUT2D eigenvalue weighted by atomic mass is 15.1. The van der Waals surface area contributed by atoms with E-state index in [1.165, 1.54) is 16.5 Å². The lowest BCUT2D eigenvalue weighted by Gasteiger charge is -2.08. The number of nitrogens with one attached hydrogen (secondary N) is 4. The second kappa shape index (κ2) is 7.63. The van der Waals surface area contributed by atoms with Gasteiger partial charge in [-0.05, 0) is 41.8 Å². The summed E-state index contributed by atoms with van der Waals surface area (Å²) >= 11 is 0. The summed E-state index contributed by atoms with van der Waals surface area (Å²) in [5.74, 6) is 1.41. The fourth-order valence-corrected chi connectivity index (χ4v) is 3.48. The van der Waals surface area contributed by atoms with Crippen LogP contribution in [0.1, 0.15) is 11.1 Å². The number of hydrogen-bond acceptors (Lipinski definition) is 5. The summed E-state index contributed by atoms with van der Waals surface area (Å²) in [5, 5.41) is 7.95. The Bertz CT molecular complexity index is 1250. The molecular weight excluding hydrogens is 362 g/mol. The van der Waals surface area contributed by atoms with Gasteiger partial charge in [-0.15, -0.1) is 0 Å². The van der Waals surface area contributed by atoms with Gasteiger partial charge in [0.1, 0.15) is 5.82 Å². The first-order valence-corrected chi connectivity index (χ1v) is 9.63. The molecule has 0 saturated heterocycles. The smallest absolute Gasteiger partial charge is 0.224 e. The largest absolute Gasteiger partial charge is 0.370 e. The van der Waals surface area contributed by atoms with Crippen LogP contribution < -0.4 is 10.6 Å². The van der Waals surface area contributed by atoms with E-state index in [0.717, 1.165) is 35.4 Å². The van der Waals surface area contributed by atoms with E-state index in [2.05, 4.69) is 72.1 Å². The molecule has 0 aliphatic heterocycles. The molecule has 3 heterocycles. The zero-order valence-corrected chi connectivity index (χ0v) is 15.8. The van der Waals surface area contributed by atoms with Gasteiger partial charge in [0.2, 0.25) is 5.95 Å². The molecule has 29 heavy (non-hydrogen) atoms. The average molecular weight is 383 g/mol. The number of aromatic nitrogens is 5. The lowest BCUT2D eigenvalue weighted by molar-refractivity contribution is 0.997. The summed E-state index contributed by atoms with van der Waals surface area (Å²) in [6, 6.07) is 16.4. The van der Waals surface area contributed by atoms with Crippen LogP contribution in [0.4, 0.5) is 11.8 Å². The topological polar surface area (TPSA) is 94.3 Å².